The van der Waals surface area contributed by atoms with Gasteiger partial charge in [0.25, 0.3) is 0 Å². The van der Waals surface area contributed by atoms with Gasteiger partial charge >= 0.3 is 0 Å². The standard InChI is InChI=1S/C15H21FN2O3S/c1-17-8-12(9-21-2)7-15(17)10-18(11-15)22(19,20)14-5-3-13(16)4-6-14/h3-6,12H,7-11H2,1-2H3/t12-/m1/s1. The van der Waals surface area contributed by atoms with Crippen LogP contribution < -0.4 is 0 Å². The summed E-state index contributed by atoms with van der Waals surface area (Å²) in [7, 11) is 0.204. The van der Waals surface area contributed by atoms with Crippen molar-refractivity contribution in [2.24, 2.45) is 5.92 Å². The van der Waals surface area contributed by atoms with Gasteiger partial charge in [-0.1, -0.05) is 0 Å². The largest absolute Gasteiger partial charge is 0.384 e. The van der Waals surface area contributed by atoms with Crippen molar-refractivity contribution in [1.29, 1.82) is 0 Å². The number of sulfonamides is 1. The molecule has 122 valence electrons. The van der Waals surface area contributed by atoms with Crippen LogP contribution in [0.4, 0.5) is 4.39 Å². The van der Waals surface area contributed by atoms with Crippen molar-refractivity contribution < 1.29 is 17.5 Å². The first-order chi connectivity index (χ1) is 10.4. The highest BCUT2D eigenvalue weighted by atomic mass is 32.2. The molecule has 1 aromatic carbocycles. The maximum absolute atomic E-state index is 13.0. The summed E-state index contributed by atoms with van der Waals surface area (Å²) in [4.78, 5) is 2.39. The molecule has 5 nitrogen and oxygen atoms in total. The van der Waals surface area contributed by atoms with Crippen molar-refractivity contribution >= 4 is 10.0 Å². The Bertz CT molecular complexity index is 641. The first-order valence-corrected chi connectivity index (χ1v) is 8.77. The number of hydrogen-bond acceptors (Lipinski definition) is 4. The van der Waals surface area contributed by atoms with Gasteiger partial charge in [0.1, 0.15) is 5.82 Å². The molecule has 22 heavy (non-hydrogen) atoms. The molecule has 3 rings (SSSR count). The lowest BCUT2D eigenvalue weighted by molar-refractivity contribution is 0.0372. The van der Waals surface area contributed by atoms with Gasteiger partial charge in [-0.15, -0.1) is 0 Å². The number of halogens is 1. The molecule has 0 aromatic heterocycles. The zero-order chi connectivity index (χ0) is 16.0. The second kappa shape index (κ2) is 5.56. The Hall–Kier alpha value is -1.02. The number of methoxy groups -OCH3 is 1. The van der Waals surface area contributed by atoms with Crippen LogP contribution in [-0.4, -0.2) is 63.6 Å². The van der Waals surface area contributed by atoms with E-state index in [0.29, 0.717) is 25.6 Å². The van der Waals surface area contributed by atoms with Gasteiger partial charge in [-0.3, -0.25) is 4.90 Å². The van der Waals surface area contributed by atoms with E-state index in [1.165, 1.54) is 28.6 Å². The van der Waals surface area contributed by atoms with Crippen molar-refractivity contribution in [2.45, 2.75) is 16.9 Å². The lowest BCUT2D eigenvalue weighted by Crippen LogP contribution is -2.67. The molecule has 2 fully saturated rings. The molecule has 2 aliphatic heterocycles. The summed E-state index contributed by atoms with van der Waals surface area (Å²) in [5, 5.41) is 0. The summed E-state index contributed by atoms with van der Waals surface area (Å²) in [5.41, 5.74) is -0.0731. The predicted molar refractivity (Wildman–Crippen MR) is 80.5 cm³/mol. The first-order valence-electron chi connectivity index (χ1n) is 7.33. The van der Waals surface area contributed by atoms with E-state index >= 15 is 0 Å². The monoisotopic (exact) mass is 328 g/mol. The minimum absolute atomic E-state index is 0.0731. The van der Waals surface area contributed by atoms with Crippen LogP contribution in [0.3, 0.4) is 0 Å². The van der Waals surface area contributed by atoms with Crippen LogP contribution in [0, 0.1) is 11.7 Å². The molecule has 2 saturated heterocycles. The number of rotatable bonds is 4. The lowest BCUT2D eigenvalue weighted by atomic mass is 9.87. The molecule has 0 amide bonds. The fourth-order valence-corrected chi connectivity index (χ4v) is 5.19. The number of likely N-dealkylation sites (N-methyl/N-ethyl adjacent to an activating group) is 1. The molecular weight excluding hydrogens is 307 g/mol. The minimum atomic E-state index is -3.53. The number of benzene rings is 1. The topological polar surface area (TPSA) is 49.9 Å². The SMILES string of the molecule is COC[C@H]1CN(C)C2(C1)CN(S(=O)(=O)c1ccc(F)cc1)C2. The summed E-state index contributed by atoms with van der Waals surface area (Å²) in [6, 6.07) is 5.00. The average molecular weight is 328 g/mol. The van der Waals surface area contributed by atoms with E-state index in [1.807, 2.05) is 7.05 Å². The highest BCUT2D eigenvalue weighted by Crippen LogP contribution is 2.41. The molecule has 1 aromatic rings. The zero-order valence-corrected chi connectivity index (χ0v) is 13.6. The summed E-state index contributed by atoms with van der Waals surface area (Å²) >= 11 is 0. The molecule has 1 atom stereocenters. The zero-order valence-electron chi connectivity index (χ0n) is 12.8. The molecule has 0 aliphatic carbocycles. The summed E-state index contributed by atoms with van der Waals surface area (Å²) < 4.78 is 44.7. The number of nitrogens with zero attached hydrogens (tertiary/aromatic N) is 2. The molecule has 0 unspecified atom stereocenters. The van der Waals surface area contributed by atoms with Crippen LogP contribution in [-0.2, 0) is 14.8 Å². The Morgan fingerprint density at radius 1 is 1.32 bits per heavy atom. The van der Waals surface area contributed by atoms with E-state index < -0.39 is 15.8 Å². The Morgan fingerprint density at radius 3 is 2.55 bits per heavy atom. The van der Waals surface area contributed by atoms with Crippen molar-refractivity contribution in [1.82, 2.24) is 9.21 Å². The number of likely N-dealkylation sites (tertiary alicyclic amines) is 1. The maximum atomic E-state index is 13.0. The summed E-state index contributed by atoms with van der Waals surface area (Å²) in [5.74, 6) is 0.0163. The molecule has 0 N–H and O–H groups in total. The normalized spacial score (nSPS) is 25.5. The number of ether oxygens (including phenoxy) is 1. The van der Waals surface area contributed by atoms with Gasteiger partial charge in [-0.05, 0) is 43.7 Å². The van der Waals surface area contributed by atoms with E-state index in [1.54, 1.807) is 7.11 Å². The van der Waals surface area contributed by atoms with Crippen molar-refractivity contribution in [2.75, 3.05) is 40.4 Å². The van der Waals surface area contributed by atoms with Gasteiger partial charge in [0, 0.05) is 32.3 Å². The van der Waals surface area contributed by atoms with E-state index in [9.17, 15) is 12.8 Å². The molecule has 0 radical (unpaired) electrons. The fraction of sp³-hybridized carbons (Fsp3) is 0.600. The fourth-order valence-electron chi connectivity index (χ4n) is 3.59. The quantitative estimate of drug-likeness (QED) is 0.832. The highest BCUT2D eigenvalue weighted by Gasteiger charge is 2.55. The van der Waals surface area contributed by atoms with Gasteiger partial charge in [-0.2, -0.15) is 4.31 Å². The summed E-state index contributed by atoms with van der Waals surface area (Å²) in [6.07, 6.45) is 0.951. The minimum Gasteiger partial charge on any atom is -0.384 e. The Kier molecular flexibility index (Phi) is 4.01. The molecule has 2 aliphatic rings. The average Bonchev–Trinajstić information content (AvgIpc) is 2.75. The van der Waals surface area contributed by atoms with Crippen molar-refractivity contribution in [3.63, 3.8) is 0 Å². The second-order valence-corrected chi connectivity index (χ2v) is 8.30. The van der Waals surface area contributed by atoms with Crippen molar-refractivity contribution in [3.8, 4) is 0 Å². The van der Waals surface area contributed by atoms with Gasteiger partial charge in [-0.25, -0.2) is 12.8 Å². The van der Waals surface area contributed by atoms with Gasteiger partial charge in [0.05, 0.1) is 11.5 Å². The molecular formula is C15H21FN2O3S. The third kappa shape index (κ3) is 2.56. The number of hydrogen-bond donors (Lipinski definition) is 0. The predicted octanol–water partition coefficient (Wildman–Crippen LogP) is 1.17. The third-order valence-electron chi connectivity index (χ3n) is 4.81. The van der Waals surface area contributed by atoms with Crippen LogP contribution in [0.15, 0.2) is 29.2 Å². The second-order valence-electron chi connectivity index (χ2n) is 6.36. The van der Waals surface area contributed by atoms with E-state index in [4.69, 9.17) is 4.74 Å². The van der Waals surface area contributed by atoms with Gasteiger partial charge in [0.2, 0.25) is 10.0 Å². The smallest absolute Gasteiger partial charge is 0.243 e. The van der Waals surface area contributed by atoms with E-state index in [2.05, 4.69) is 4.90 Å². The highest BCUT2D eigenvalue weighted by molar-refractivity contribution is 7.89. The van der Waals surface area contributed by atoms with E-state index in [0.717, 1.165) is 13.0 Å². The molecule has 7 heteroatoms. The van der Waals surface area contributed by atoms with Gasteiger partial charge in [0.15, 0.2) is 0 Å². The van der Waals surface area contributed by atoms with Gasteiger partial charge < -0.3 is 4.74 Å². The van der Waals surface area contributed by atoms with Crippen LogP contribution in [0.5, 0.6) is 0 Å². The Morgan fingerprint density at radius 2 is 1.95 bits per heavy atom. The third-order valence-corrected chi connectivity index (χ3v) is 6.61. The maximum Gasteiger partial charge on any atom is 0.243 e. The van der Waals surface area contributed by atoms with Crippen LogP contribution >= 0.6 is 0 Å². The first kappa shape index (κ1) is 15.9. The summed E-state index contributed by atoms with van der Waals surface area (Å²) in [6.45, 7) is 2.61. The molecule has 0 saturated carbocycles. The molecule has 0 bridgehead atoms. The van der Waals surface area contributed by atoms with Crippen molar-refractivity contribution in [3.05, 3.63) is 30.1 Å². The molecule has 1 spiro atoms. The van der Waals surface area contributed by atoms with Crippen LogP contribution in [0.1, 0.15) is 6.42 Å². The Balaban J connectivity index is 1.71. The lowest BCUT2D eigenvalue weighted by Gasteiger charge is -2.50. The van der Waals surface area contributed by atoms with E-state index in [-0.39, 0.29) is 10.4 Å². The van der Waals surface area contributed by atoms with Crippen LogP contribution in [0.25, 0.3) is 0 Å². The van der Waals surface area contributed by atoms with Crippen LogP contribution in [0.2, 0.25) is 0 Å². The molecule has 2 heterocycles. The Labute approximate surface area is 130 Å².